The summed E-state index contributed by atoms with van der Waals surface area (Å²) in [6, 6.07) is 66.9. The molecule has 2 aromatic heterocycles. The molecule has 2 aliphatic carbocycles. The van der Waals surface area contributed by atoms with E-state index in [1.807, 2.05) is 6.07 Å². The summed E-state index contributed by atoms with van der Waals surface area (Å²) in [7, 11) is 0. The van der Waals surface area contributed by atoms with Crippen LogP contribution >= 0.6 is 0 Å². The lowest BCUT2D eigenvalue weighted by molar-refractivity contribution is 0.656. The molecule has 5 nitrogen and oxygen atoms in total. The Kier molecular flexibility index (Phi) is 8.70. The highest BCUT2D eigenvalue weighted by Crippen LogP contribution is 2.57. The number of benzene rings is 7. The zero-order valence-corrected chi connectivity index (χ0v) is 34.0. The highest BCUT2D eigenvalue weighted by Gasteiger charge is 2.45. The molecule has 3 aliphatic rings. The number of fused-ring (bicyclic) bond motifs is 7. The van der Waals surface area contributed by atoms with E-state index in [1.165, 1.54) is 61.1 Å². The van der Waals surface area contributed by atoms with Crippen molar-refractivity contribution in [2.75, 3.05) is 4.90 Å². The summed E-state index contributed by atoms with van der Waals surface area (Å²) in [5.41, 5.74) is 16.4. The minimum absolute atomic E-state index is 0.0839. The van der Waals surface area contributed by atoms with Gasteiger partial charge in [0, 0.05) is 33.7 Å². The van der Waals surface area contributed by atoms with Crippen LogP contribution in [0.2, 0.25) is 0 Å². The van der Waals surface area contributed by atoms with Gasteiger partial charge in [-0.2, -0.15) is 9.97 Å². The Hall–Kier alpha value is -7.89. The molecular weight excluding hydrogens is 755 g/mol. The third kappa shape index (κ3) is 6.04. The normalized spacial score (nSPS) is 16.4. The van der Waals surface area contributed by atoms with Gasteiger partial charge in [-0.05, 0) is 82.2 Å². The fraction of sp³-hybridized carbons (Fsp3) is 0.0702. The first-order chi connectivity index (χ1) is 30.8. The fourth-order valence-corrected chi connectivity index (χ4v) is 9.86. The van der Waals surface area contributed by atoms with E-state index in [0.717, 1.165) is 41.2 Å². The van der Waals surface area contributed by atoms with Crippen molar-refractivity contribution in [3.63, 3.8) is 0 Å². The van der Waals surface area contributed by atoms with Crippen molar-refractivity contribution in [3.05, 3.63) is 234 Å². The quantitative estimate of drug-likeness (QED) is 0.161. The van der Waals surface area contributed by atoms with Crippen molar-refractivity contribution in [2.45, 2.75) is 24.8 Å². The Morgan fingerprint density at radius 2 is 1.11 bits per heavy atom. The molecule has 0 amide bonds. The molecule has 0 fully saturated rings. The summed E-state index contributed by atoms with van der Waals surface area (Å²) in [4.78, 5) is 18.5. The predicted octanol–water partition coefficient (Wildman–Crippen LogP) is 14.1. The van der Waals surface area contributed by atoms with Gasteiger partial charge < -0.3 is 9.47 Å². The third-order valence-corrected chi connectivity index (χ3v) is 12.7. The number of hydrogen-bond acceptors (Lipinski definition) is 4. The molecule has 3 heterocycles. The predicted molar refractivity (Wildman–Crippen MR) is 254 cm³/mol. The van der Waals surface area contributed by atoms with Crippen molar-refractivity contribution < 1.29 is 0 Å². The van der Waals surface area contributed by atoms with Crippen molar-refractivity contribution in [1.82, 2.24) is 19.5 Å². The molecule has 0 N–H and O–H groups in total. The highest BCUT2D eigenvalue weighted by atomic mass is 15.3. The standard InChI is InChI=1S/C57H41N5/c1-4-17-38(18-5-1)40-31-33-41(34-32-40)45-25-10-13-28-49(45)61-51-30-15-12-27-48(51)53-52(61)36-35-47-46-26-11-14-29-50(46)62(54(47)53)57-59-55(42-21-8-3-9-22-42)58-56(60-57)44-24-16-23-43(37-44)39-19-6-2-7-20-39/h1-15,17-23,25-37,47,54H,16,24H2. The van der Waals surface area contributed by atoms with E-state index in [-0.39, 0.29) is 12.0 Å². The first kappa shape index (κ1) is 36.0. The fourth-order valence-electron chi connectivity index (χ4n) is 9.86. The number of rotatable bonds is 7. The van der Waals surface area contributed by atoms with E-state index in [4.69, 9.17) is 15.0 Å². The van der Waals surface area contributed by atoms with Gasteiger partial charge in [-0.1, -0.05) is 182 Å². The molecule has 0 saturated carbocycles. The Morgan fingerprint density at radius 1 is 0.500 bits per heavy atom. The van der Waals surface area contributed by atoms with Crippen LogP contribution < -0.4 is 4.90 Å². The summed E-state index contributed by atoms with van der Waals surface area (Å²) in [5.74, 6) is 2.13. The first-order valence-corrected chi connectivity index (χ1v) is 21.5. The van der Waals surface area contributed by atoms with Crippen molar-refractivity contribution >= 4 is 39.8 Å². The molecule has 5 heteroatoms. The first-order valence-electron chi connectivity index (χ1n) is 21.5. The van der Waals surface area contributed by atoms with Gasteiger partial charge in [-0.15, -0.1) is 0 Å². The molecule has 62 heavy (non-hydrogen) atoms. The second-order valence-corrected chi connectivity index (χ2v) is 16.3. The molecule has 294 valence electrons. The lowest BCUT2D eigenvalue weighted by atomic mass is 9.84. The topological polar surface area (TPSA) is 46.8 Å². The Balaban J connectivity index is 1.04. The Morgan fingerprint density at radius 3 is 1.90 bits per heavy atom. The minimum Gasteiger partial charge on any atom is -0.309 e. The largest absolute Gasteiger partial charge is 0.309 e. The van der Waals surface area contributed by atoms with Gasteiger partial charge in [0.25, 0.3) is 0 Å². The van der Waals surface area contributed by atoms with E-state index in [1.54, 1.807) is 0 Å². The van der Waals surface area contributed by atoms with Crippen LogP contribution in [0.5, 0.6) is 0 Å². The molecule has 0 radical (unpaired) electrons. The van der Waals surface area contributed by atoms with Gasteiger partial charge in [-0.3, -0.25) is 0 Å². The molecular formula is C57H41N5. The summed E-state index contributed by atoms with van der Waals surface area (Å²) in [5, 5.41) is 1.22. The molecule has 0 bridgehead atoms. The molecule has 2 atom stereocenters. The summed E-state index contributed by atoms with van der Waals surface area (Å²) in [6.07, 6.45) is 11.1. The summed E-state index contributed by atoms with van der Waals surface area (Å²) >= 11 is 0. The zero-order valence-electron chi connectivity index (χ0n) is 34.0. The van der Waals surface area contributed by atoms with E-state index in [2.05, 4.69) is 216 Å². The van der Waals surface area contributed by atoms with Gasteiger partial charge in [0.15, 0.2) is 11.6 Å². The number of anilines is 2. The van der Waals surface area contributed by atoms with Crippen LogP contribution in [0, 0.1) is 0 Å². The maximum absolute atomic E-state index is 5.46. The zero-order chi connectivity index (χ0) is 41.0. The lowest BCUT2D eigenvalue weighted by Gasteiger charge is -2.31. The monoisotopic (exact) mass is 795 g/mol. The number of aromatic nitrogens is 4. The molecule has 0 spiro atoms. The van der Waals surface area contributed by atoms with Gasteiger partial charge in [0.05, 0.1) is 22.9 Å². The highest BCUT2D eigenvalue weighted by molar-refractivity contribution is 5.95. The van der Waals surface area contributed by atoms with E-state index >= 15 is 0 Å². The van der Waals surface area contributed by atoms with E-state index in [9.17, 15) is 0 Å². The van der Waals surface area contributed by atoms with Crippen molar-refractivity contribution in [3.8, 4) is 39.3 Å². The van der Waals surface area contributed by atoms with Gasteiger partial charge in [0.2, 0.25) is 5.95 Å². The van der Waals surface area contributed by atoms with Gasteiger partial charge >= 0.3 is 0 Å². The molecule has 9 aromatic rings. The third-order valence-electron chi connectivity index (χ3n) is 12.7. The lowest BCUT2D eigenvalue weighted by Crippen LogP contribution is -2.26. The molecule has 0 saturated heterocycles. The van der Waals surface area contributed by atoms with Crippen LogP contribution in [0.1, 0.15) is 53.0 Å². The maximum Gasteiger partial charge on any atom is 0.234 e. The number of allylic oxidation sites excluding steroid dienone is 4. The average Bonchev–Trinajstić information content (AvgIpc) is 3.88. The van der Waals surface area contributed by atoms with Crippen LogP contribution in [0.25, 0.3) is 67.5 Å². The summed E-state index contributed by atoms with van der Waals surface area (Å²) in [6.45, 7) is 0. The number of nitrogens with zero attached hydrogens (tertiary/aromatic N) is 5. The summed E-state index contributed by atoms with van der Waals surface area (Å²) < 4.78 is 2.47. The Bertz CT molecular complexity index is 3230. The van der Waals surface area contributed by atoms with E-state index < -0.39 is 0 Å². The molecule has 12 rings (SSSR count). The SMILES string of the molecule is C1=CC2c3ccccc3N(c3nc(C4=CC(c5ccccc5)=CCC4)nc(-c4ccccc4)n3)C2c2c1n(-c1ccccc1-c1ccc(-c3ccccc3)cc1)c1ccccc21. The second kappa shape index (κ2) is 15.0. The van der Waals surface area contributed by atoms with Crippen LogP contribution in [0.4, 0.5) is 11.6 Å². The number of hydrogen-bond donors (Lipinski definition) is 0. The van der Waals surface area contributed by atoms with Crippen LogP contribution in [-0.2, 0) is 0 Å². The van der Waals surface area contributed by atoms with Gasteiger partial charge in [-0.25, -0.2) is 4.98 Å². The van der Waals surface area contributed by atoms with Crippen LogP contribution in [0.15, 0.2) is 206 Å². The Labute approximate surface area is 361 Å². The smallest absolute Gasteiger partial charge is 0.234 e. The van der Waals surface area contributed by atoms with Crippen LogP contribution in [-0.4, -0.2) is 19.5 Å². The second-order valence-electron chi connectivity index (χ2n) is 16.3. The maximum atomic E-state index is 5.46. The van der Waals surface area contributed by atoms with Crippen molar-refractivity contribution in [1.29, 1.82) is 0 Å². The molecule has 2 unspecified atom stereocenters. The van der Waals surface area contributed by atoms with Crippen LogP contribution in [0.3, 0.4) is 0 Å². The van der Waals surface area contributed by atoms with Gasteiger partial charge in [0.1, 0.15) is 0 Å². The van der Waals surface area contributed by atoms with Crippen molar-refractivity contribution in [2.24, 2.45) is 0 Å². The van der Waals surface area contributed by atoms with E-state index in [0.29, 0.717) is 11.8 Å². The number of para-hydroxylation sites is 3. The molecule has 1 aliphatic heterocycles. The average molecular weight is 796 g/mol. The molecule has 7 aromatic carbocycles. The minimum atomic E-state index is -0.102.